The van der Waals surface area contributed by atoms with E-state index in [9.17, 15) is 18.0 Å². The van der Waals surface area contributed by atoms with Gasteiger partial charge in [-0.3, -0.25) is 10.1 Å². The minimum atomic E-state index is -4.57. The molecule has 2 N–H and O–H groups in total. The van der Waals surface area contributed by atoms with Gasteiger partial charge in [-0.1, -0.05) is 11.3 Å². The molecule has 0 atom stereocenters. The molecule has 0 saturated carbocycles. The molecular formula is C16H13F3N4OS. The van der Waals surface area contributed by atoms with Crippen LogP contribution in [-0.2, 0) is 19.0 Å². The van der Waals surface area contributed by atoms with Crippen LogP contribution in [0.1, 0.15) is 39.5 Å². The number of aryl methyl sites for hydroxylation is 2. The standard InChI is InChI=1S/C16H13F3N4OS/c17-16(18,19)14-22-23-15(25-14)21-13(24)8-5-6-12-10(7-8)9-3-1-2-4-11(9)20-12/h5-7,20H,1-4H2,(H,21,23,24). The quantitative estimate of drug-likeness (QED) is 0.715. The number of nitrogens with one attached hydrogen (secondary N) is 2. The Morgan fingerprint density at radius 3 is 2.76 bits per heavy atom. The van der Waals surface area contributed by atoms with Gasteiger partial charge in [0.2, 0.25) is 10.1 Å². The highest BCUT2D eigenvalue weighted by molar-refractivity contribution is 7.15. The zero-order chi connectivity index (χ0) is 17.6. The summed E-state index contributed by atoms with van der Waals surface area (Å²) in [5.74, 6) is -0.502. The van der Waals surface area contributed by atoms with Gasteiger partial charge >= 0.3 is 6.18 Å². The molecule has 1 aliphatic rings. The number of aromatic amines is 1. The Hall–Kier alpha value is -2.42. The van der Waals surface area contributed by atoms with E-state index < -0.39 is 17.1 Å². The number of H-pyrrole nitrogens is 1. The number of nitrogens with zero attached hydrogens (tertiary/aromatic N) is 2. The first kappa shape index (κ1) is 16.1. The maximum Gasteiger partial charge on any atom is 0.445 e. The van der Waals surface area contributed by atoms with Crippen molar-refractivity contribution in [3.05, 3.63) is 40.0 Å². The lowest BCUT2D eigenvalue weighted by Crippen LogP contribution is -2.11. The summed E-state index contributed by atoms with van der Waals surface area (Å²) in [6.45, 7) is 0. The summed E-state index contributed by atoms with van der Waals surface area (Å²) in [4.78, 5) is 15.7. The van der Waals surface area contributed by atoms with Gasteiger partial charge < -0.3 is 4.98 Å². The van der Waals surface area contributed by atoms with Crippen LogP contribution in [-0.4, -0.2) is 21.1 Å². The third-order valence-electron chi connectivity index (χ3n) is 4.25. The van der Waals surface area contributed by atoms with Gasteiger partial charge in [-0.05, 0) is 49.4 Å². The van der Waals surface area contributed by atoms with E-state index in [1.165, 1.54) is 11.3 Å². The third kappa shape index (κ3) is 2.99. The van der Waals surface area contributed by atoms with Crippen LogP contribution in [0, 0.1) is 0 Å². The molecule has 0 unspecified atom stereocenters. The molecule has 9 heteroatoms. The predicted molar refractivity (Wildman–Crippen MR) is 87.8 cm³/mol. The topological polar surface area (TPSA) is 70.7 Å². The van der Waals surface area contributed by atoms with E-state index in [4.69, 9.17) is 0 Å². The molecule has 1 aromatic carbocycles. The van der Waals surface area contributed by atoms with Gasteiger partial charge in [0.05, 0.1) is 0 Å². The van der Waals surface area contributed by atoms with Crippen LogP contribution in [0.2, 0.25) is 0 Å². The number of halogens is 3. The zero-order valence-corrected chi connectivity index (χ0v) is 13.7. The lowest BCUT2D eigenvalue weighted by atomic mass is 9.95. The summed E-state index contributed by atoms with van der Waals surface area (Å²) in [6.07, 6.45) is -0.348. The van der Waals surface area contributed by atoms with Gasteiger partial charge in [0.25, 0.3) is 5.91 Å². The van der Waals surface area contributed by atoms with E-state index in [0.29, 0.717) is 16.9 Å². The Balaban J connectivity index is 1.60. The van der Waals surface area contributed by atoms with Crippen molar-refractivity contribution < 1.29 is 18.0 Å². The number of carbonyl (C=O) groups is 1. The van der Waals surface area contributed by atoms with Crippen molar-refractivity contribution in [3.8, 4) is 0 Å². The number of hydrogen-bond acceptors (Lipinski definition) is 4. The number of carbonyl (C=O) groups excluding carboxylic acids is 1. The number of hydrogen-bond donors (Lipinski definition) is 2. The van der Waals surface area contributed by atoms with Crippen molar-refractivity contribution in [2.75, 3.05) is 5.32 Å². The summed E-state index contributed by atoms with van der Waals surface area (Å²) >= 11 is 0.306. The smallest absolute Gasteiger partial charge is 0.358 e. The minimum Gasteiger partial charge on any atom is -0.358 e. The molecule has 0 saturated heterocycles. The van der Waals surface area contributed by atoms with Crippen molar-refractivity contribution in [3.63, 3.8) is 0 Å². The second-order valence-electron chi connectivity index (χ2n) is 5.91. The number of benzene rings is 1. The number of fused-ring (bicyclic) bond motifs is 3. The highest BCUT2D eigenvalue weighted by Crippen LogP contribution is 2.33. The molecule has 3 aromatic rings. The Labute approximate surface area is 144 Å². The van der Waals surface area contributed by atoms with Crippen LogP contribution >= 0.6 is 11.3 Å². The Kier molecular flexibility index (Phi) is 3.75. The van der Waals surface area contributed by atoms with E-state index in [1.807, 2.05) is 6.07 Å². The minimum absolute atomic E-state index is 0.173. The highest BCUT2D eigenvalue weighted by atomic mass is 32.1. The van der Waals surface area contributed by atoms with Crippen molar-refractivity contribution in [2.45, 2.75) is 31.9 Å². The van der Waals surface area contributed by atoms with E-state index >= 15 is 0 Å². The number of rotatable bonds is 2. The van der Waals surface area contributed by atoms with Crippen LogP contribution in [0.25, 0.3) is 10.9 Å². The lowest BCUT2D eigenvalue weighted by molar-refractivity contribution is -0.138. The first-order chi connectivity index (χ1) is 11.9. The van der Waals surface area contributed by atoms with Crippen molar-refractivity contribution >= 4 is 33.3 Å². The van der Waals surface area contributed by atoms with Crippen LogP contribution in [0.4, 0.5) is 18.3 Å². The molecule has 0 radical (unpaired) electrons. The van der Waals surface area contributed by atoms with Crippen LogP contribution in [0.3, 0.4) is 0 Å². The average Bonchev–Trinajstić information content (AvgIpc) is 3.18. The number of anilines is 1. The number of amides is 1. The van der Waals surface area contributed by atoms with Gasteiger partial charge in [0.1, 0.15) is 0 Å². The van der Waals surface area contributed by atoms with Crippen LogP contribution in [0.5, 0.6) is 0 Å². The molecule has 0 bridgehead atoms. The Bertz CT molecular complexity index is 960. The first-order valence-electron chi connectivity index (χ1n) is 7.77. The Morgan fingerprint density at radius 1 is 1.20 bits per heavy atom. The second-order valence-corrected chi connectivity index (χ2v) is 6.89. The van der Waals surface area contributed by atoms with Crippen molar-refractivity contribution in [1.29, 1.82) is 0 Å². The van der Waals surface area contributed by atoms with E-state index in [2.05, 4.69) is 20.5 Å². The fraction of sp³-hybridized carbons (Fsp3) is 0.312. The van der Waals surface area contributed by atoms with Crippen molar-refractivity contribution in [2.24, 2.45) is 0 Å². The van der Waals surface area contributed by atoms with E-state index in [-0.39, 0.29) is 5.13 Å². The molecule has 2 aromatic heterocycles. The molecule has 25 heavy (non-hydrogen) atoms. The summed E-state index contributed by atoms with van der Waals surface area (Å²) in [5, 5.41) is 8.56. The number of alkyl halides is 3. The van der Waals surface area contributed by atoms with E-state index in [1.54, 1.807) is 12.1 Å². The van der Waals surface area contributed by atoms with Crippen LogP contribution < -0.4 is 5.32 Å². The molecule has 130 valence electrons. The lowest BCUT2D eigenvalue weighted by Gasteiger charge is -2.10. The third-order valence-corrected chi connectivity index (χ3v) is 5.13. The van der Waals surface area contributed by atoms with Crippen LogP contribution in [0.15, 0.2) is 18.2 Å². The predicted octanol–water partition coefficient (Wildman–Crippen LogP) is 4.17. The molecule has 0 fully saturated rings. The molecule has 1 amide bonds. The summed E-state index contributed by atoms with van der Waals surface area (Å²) < 4.78 is 37.7. The first-order valence-corrected chi connectivity index (χ1v) is 8.59. The van der Waals surface area contributed by atoms with Crippen molar-refractivity contribution in [1.82, 2.24) is 15.2 Å². The zero-order valence-electron chi connectivity index (χ0n) is 12.9. The molecular weight excluding hydrogens is 353 g/mol. The largest absolute Gasteiger partial charge is 0.445 e. The fourth-order valence-electron chi connectivity index (χ4n) is 3.10. The van der Waals surface area contributed by atoms with Gasteiger partial charge in [-0.15, -0.1) is 10.2 Å². The molecule has 1 aliphatic carbocycles. The Morgan fingerprint density at radius 2 is 2.00 bits per heavy atom. The molecule has 0 spiro atoms. The average molecular weight is 366 g/mol. The maximum atomic E-state index is 12.6. The molecule has 0 aliphatic heterocycles. The molecule has 4 rings (SSSR count). The monoisotopic (exact) mass is 366 g/mol. The molecule has 5 nitrogen and oxygen atoms in total. The second kappa shape index (κ2) is 5.83. The van der Waals surface area contributed by atoms with Gasteiger partial charge in [0.15, 0.2) is 0 Å². The van der Waals surface area contributed by atoms with Gasteiger partial charge in [-0.2, -0.15) is 13.2 Å². The summed E-state index contributed by atoms with van der Waals surface area (Å²) in [6, 6.07) is 5.24. The van der Waals surface area contributed by atoms with E-state index in [0.717, 1.165) is 36.6 Å². The summed E-state index contributed by atoms with van der Waals surface area (Å²) in [7, 11) is 0. The van der Waals surface area contributed by atoms with Gasteiger partial charge in [0, 0.05) is 22.2 Å². The highest BCUT2D eigenvalue weighted by Gasteiger charge is 2.35. The number of aromatic nitrogens is 3. The molecule has 2 heterocycles. The maximum absolute atomic E-state index is 12.6. The summed E-state index contributed by atoms with van der Waals surface area (Å²) in [5.41, 5.74) is 3.78. The normalized spacial score (nSPS) is 14.5. The fourth-order valence-corrected chi connectivity index (χ4v) is 3.71. The van der Waals surface area contributed by atoms with Gasteiger partial charge in [-0.25, -0.2) is 0 Å². The SMILES string of the molecule is O=C(Nc1nnc(C(F)(F)F)s1)c1ccc2[nH]c3c(c2c1)CCCC3.